The number of aromatic nitrogens is 3. The summed E-state index contributed by atoms with van der Waals surface area (Å²) in [4.78, 5) is 42.9. The summed E-state index contributed by atoms with van der Waals surface area (Å²) in [5.74, 6) is 1.98. The number of carbonyl (C=O) groups excluding carboxylic acids is 3. The summed E-state index contributed by atoms with van der Waals surface area (Å²) >= 11 is 0. The molecule has 11 heteroatoms. The lowest BCUT2D eigenvalue weighted by molar-refractivity contribution is -0.135. The van der Waals surface area contributed by atoms with Crippen molar-refractivity contribution in [3.05, 3.63) is 71.3 Å². The van der Waals surface area contributed by atoms with Crippen molar-refractivity contribution < 1.29 is 23.9 Å². The Morgan fingerprint density at radius 1 is 0.930 bits per heavy atom. The molecule has 1 saturated heterocycles. The topological polar surface area (TPSA) is 119 Å². The van der Waals surface area contributed by atoms with Crippen molar-refractivity contribution >= 4 is 17.7 Å². The lowest BCUT2D eigenvalue weighted by atomic mass is 10.0. The number of benzene rings is 2. The summed E-state index contributed by atoms with van der Waals surface area (Å²) in [5, 5.41) is 11.6. The first-order chi connectivity index (χ1) is 20.9. The maximum absolute atomic E-state index is 13.7. The van der Waals surface area contributed by atoms with Crippen LogP contribution < -0.4 is 10.1 Å². The number of nitrogens with zero attached hydrogens (tertiary/aromatic N) is 5. The standard InChI is InChI=1S/C32H38N6O5/c1-36-20-29(39)33-26-19-37(32(41)31-35-34-28-11-3-2-4-15-38(28)31)16-14-27(26)42-21-23-8-6-10-25(18-23)43-24-9-5-7-22(17-24)12-13-30(36)40/h5-10,17-18,26-27H,2-4,11-16,19-21H2,1H3,(H,33,39)/t26-,27+/m0/s1. The number of fused-ring (bicyclic) bond motifs is 6. The van der Waals surface area contributed by atoms with E-state index in [1.54, 1.807) is 11.9 Å². The van der Waals surface area contributed by atoms with Crippen LogP contribution in [-0.4, -0.2) is 81.1 Å². The lowest BCUT2D eigenvalue weighted by Gasteiger charge is -2.38. The van der Waals surface area contributed by atoms with Gasteiger partial charge >= 0.3 is 0 Å². The summed E-state index contributed by atoms with van der Waals surface area (Å²) < 4.78 is 14.5. The summed E-state index contributed by atoms with van der Waals surface area (Å²) in [6, 6.07) is 15.0. The molecular weight excluding hydrogens is 548 g/mol. The van der Waals surface area contributed by atoms with Crippen LogP contribution in [-0.2, 0) is 40.3 Å². The van der Waals surface area contributed by atoms with E-state index in [0.717, 1.165) is 49.2 Å². The molecule has 0 unspecified atom stereocenters. The summed E-state index contributed by atoms with van der Waals surface area (Å²) in [6.45, 7) is 1.71. The lowest BCUT2D eigenvalue weighted by Crippen LogP contribution is -2.58. The average Bonchev–Trinajstić information content (AvgIpc) is 3.26. The van der Waals surface area contributed by atoms with Gasteiger partial charge in [-0.15, -0.1) is 10.2 Å². The van der Waals surface area contributed by atoms with Gasteiger partial charge in [0.15, 0.2) is 0 Å². The number of rotatable bonds is 1. The van der Waals surface area contributed by atoms with Gasteiger partial charge in [-0.3, -0.25) is 14.4 Å². The first-order valence-corrected chi connectivity index (χ1v) is 15.1. The minimum absolute atomic E-state index is 0.0844. The molecule has 6 rings (SSSR count). The first-order valence-electron chi connectivity index (χ1n) is 15.1. The van der Waals surface area contributed by atoms with E-state index >= 15 is 0 Å². The van der Waals surface area contributed by atoms with E-state index < -0.39 is 6.04 Å². The Kier molecular flexibility index (Phi) is 8.69. The molecule has 3 aliphatic heterocycles. The first kappa shape index (κ1) is 28.9. The molecule has 2 atom stereocenters. The van der Waals surface area contributed by atoms with Gasteiger partial charge < -0.3 is 29.2 Å². The number of hydrogen-bond donors (Lipinski definition) is 1. The molecule has 4 bridgehead atoms. The zero-order chi connectivity index (χ0) is 29.8. The second-order valence-electron chi connectivity index (χ2n) is 11.6. The predicted octanol–water partition coefficient (Wildman–Crippen LogP) is 3.12. The van der Waals surface area contributed by atoms with Crippen LogP contribution in [0.1, 0.15) is 59.7 Å². The minimum atomic E-state index is -0.460. The van der Waals surface area contributed by atoms with Crippen molar-refractivity contribution in [2.75, 3.05) is 26.7 Å². The van der Waals surface area contributed by atoms with Crippen molar-refractivity contribution in [3.63, 3.8) is 0 Å². The Balaban J connectivity index is 1.22. The second kappa shape index (κ2) is 12.9. The van der Waals surface area contributed by atoms with Gasteiger partial charge in [-0.05, 0) is 61.1 Å². The molecule has 3 amide bonds. The molecule has 0 saturated carbocycles. The monoisotopic (exact) mass is 586 g/mol. The minimum Gasteiger partial charge on any atom is -0.457 e. The van der Waals surface area contributed by atoms with Gasteiger partial charge in [0.1, 0.15) is 17.3 Å². The van der Waals surface area contributed by atoms with E-state index in [-0.39, 0.29) is 43.3 Å². The van der Waals surface area contributed by atoms with E-state index in [2.05, 4.69) is 15.5 Å². The third-order valence-corrected chi connectivity index (χ3v) is 8.41. The van der Waals surface area contributed by atoms with E-state index in [1.807, 2.05) is 53.1 Å². The van der Waals surface area contributed by atoms with Gasteiger partial charge in [0, 0.05) is 39.5 Å². The fourth-order valence-corrected chi connectivity index (χ4v) is 6.04. The zero-order valence-electron chi connectivity index (χ0n) is 24.5. The highest BCUT2D eigenvalue weighted by atomic mass is 16.5. The second-order valence-corrected chi connectivity index (χ2v) is 11.6. The van der Waals surface area contributed by atoms with E-state index in [1.165, 1.54) is 4.90 Å². The smallest absolute Gasteiger partial charge is 0.291 e. The van der Waals surface area contributed by atoms with Gasteiger partial charge in [-0.2, -0.15) is 0 Å². The largest absolute Gasteiger partial charge is 0.457 e. The summed E-state index contributed by atoms with van der Waals surface area (Å²) in [5.41, 5.74) is 1.92. The normalized spacial score (nSPS) is 21.8. The van der Waals surface area contributed by atoms with Crippen molar-refractivity contribution in [3.8, 4) is 11.5 Å². The maximum atomic E-state index is 13.7. The molecule has 2 aromatic carbocycles. The van der Waals surface area contributed by atoms with Gasteiger partial charge in [0.05, 0.1) is 25.3 Å². The van der Waals surface area contributed by atoms with Crippen LogP contribution >= 0.6 is 0 Å². The highest BCUT2D eigenvalue weighted by Gasteiger charge is 2.36. The molecule has 1 aromatic heterocycles. The molecule has 1 N–H and O–H groups in total. The number of hydrogen-bond acceptors (Lipinski definition) is 7. The van der Waals surface area contributed by atoms with E-state index in [9.17, 15) is 14.4 Å². The maximum Gasteiger partial charge on any atom is 0.291 e. The Hall–Kier alpha value is -4.25. The van der Waals surface area contributed by atoms with Crippen LogP contribution in [0.2, 0.25) is 0 Å². The molecule has 0 aliphatic carbocycles. The molecule has 43 heavy (non-hydrogen) atoms. The molecular formula is C32H38N6O5. The number of carbonyl (C=O) groups is 3. The molecule has 11 nitrogen and oxygen atoms in total. The highest BCUT2D eigenvalue weighted by molar-refractivity contribution is 5.91. The Bertz CT molecular complexity index is 1490. The van der Waals surface area contributed by atoms with Crippen LogP contribution in [0.15, 0.2) is 48.5 Å². The number of aryl methyl sites for hydroxylation is 2. The number of likely N-dealkylation sites (tertiary alicyclic amines) is 1. The van der Waals surface area contributed by atoms with Crippen LogP contribution in [0.25, 0.3) is 0 Å². The molecule has 3 aliphatic rings. The average molecular weight is 587 g/mol. The van der Waals surface area contributed by atoms with Crippen LogP contribution in [0.5, 0.6) is 11.5 Å². The highest BCUT2D eigenvalue weighted by Crippen LogP contribution is 2.26. The number of likely N-dealkylation sites (N-methyl/N-ethyl adjacent to an activating group) is 1. The van der Waals surface area contributed by atoms with Gasteiger partial charge in [0.2, 0.25) is 17.6 Å². The van der Waals surface area contributed by atoms with Gasteiger partial charge in [0.25, 0.3) is 5.91 Å². The predicted molar refractivity (Wildman–Crippen MR) is 158 cm³/mol. The van der Waals surface area contributed by atoms with Crippen molar-refractivity contribution in [2.45, 2.75) is 70.2 Å². The van der Waals surface area contributed by atoms with Gasteiger partial charge in [-0.1, -0.05) is 30.7 Å². The van der Waals surface area contributed by atoms with Crippen LogP contribution in [0.3, 0.4) is 0 Å². The third-order valence-electron chi connectivity index (χ3n) is 8.41. The third kappa shape index (κ3) is 6.88. The number of amides is 3. The SMILES string of the molecule is CN1CC(=O)N[C@H]2CN(C(=O)c3nnc4n3CCCCC4)CC[C@H]2OCc2cccc(c2)Oc2cccc(c2)CCC1=O. The Morgan fingerprint density at radius 3 is 2.56 bits per heavy atom. The van der Waals surface area contributed by atoms with Gasteiger partial charge in [-0.25, -0.2) is 0 Å². The van der Waals surface area contributed by atoms with Crippen LogP contribution in [0.4, 0.5) is 0 Å². The molecule has 4 heterocycles. The van der Waals surface area contributed by atoms with Crippen molar-refractivity contribution in [1.82, 2.24) is 29.9 Å². The number of piperidine rings is 1. The summed E-state index contributed by atoms with van der Waals surface area (Å²) in [7, 11) is 1.63. The zero-order valence-corrected chi connectivity index (χ0v) is 24.5. The quantitative estimate of drug-likeness (QED) is 0.466. The summed E-state index contributed by atoms with van der Waals surface area (Å²) in [6.07, 6.45) is 4.96. The Labute approximate surface area is 251 Å². The molecule has 0 spiro atoms. The molecule has 0 radical (unpaired) electrons. The molecule has 1 fully saturated rings. The fourth-order valence-electron chi connectivity index (χ4n) is 6.04. The fraction of sp³-hybridized carbons (Fsp3) is 0.469. The Morgan fingerprint density at radius 2 is 1.72 bits per heavy atom. The number of nitrogens with one attached hydrogen (secondary N) is 1. The molecule has 226 valence electrons. The molecule has 3 aromatic rings. The van der Waals surface area contributed by atoms with E-state index in [4.69, 9.17) is 9.47 Å². The van der Waals surface area contributed by atoms with Crippen LogP contribution in [0, 0.1) is 0 Å². The van der Waals surface area contributed by atoms with E-state index in [0.29, 0.717) is 43.3 Å². The van der Waals surface area contributed by atoms with Crippen molar-refractivity contribution in [1.29, 1.82) is 0 Å². The number of ether oxygens (including phenoxy) is 2. The van der Waals surface area contributed by atoms with Crippen molar-refractivity contribution in [2.24, 2.45) is 0 Å².